The molecule has 1 atom stereocenters. The highest BCUT2D eigenvalue weighted by Gasteiger charge is 2.17. The molecule has 19 heavy (non-hydrogen) atoms. The van der Waals surface area contributed by atoms with Gasteiger partial charge in [0, 0.05) is 6.54 Å². The van der Waals surface area contributed by atoms with Gasteiger partial charge in [0.1, 0.15) is 0 Å². The van der Waals surface area contributed by atoms with Crippen molar-refractivity contribution >= 4 is 5.91 Å². The fraction of sp³-hybridized carbons (Fsp3) is 0.938. The summed E-state index contributed by atoms with van der Waals surface area (Å²) < 4.78 is 0. The van der Waals surface area contributed by atoms with Crippen molar-refractivity contribution in [3.63, 3.8) is 0 Å². The Balaban J connectivity index is 3.52. The minimum Gasteiger partial charge on any atom is -0.355 e. The van der Waals surface area contributed by atoms with Crippen LogP contribution in [-0.4, -0.2) is 36.5 Å². The van der Waals surface area contributed by atoms with E-state index in [0.717, 1.165) is 26.1 Å². The number of hydrogen-bond donors (Lipinski definition) is 1. The number of carbonyl (C=O) groups is 1. The lowest BCUT2D eigenvalue weighted by Crippen LogP contribution is -2.45. The van der Waals surface area contributed by atoms with Gasteiger partial charge in [-0.2, -0.15) is 0 Å². The Kier molecular flexibility index (Phi) is 12.1. The Labute approximate surface area is 120 Å². The Bertz CT molecular complexity index is 215. The van der Waals surface area contributed by atoms with E-state index in [1.807, 2.05) is 6.92 Å². The first-order valence-corrected chi connectivity index (χ1v) is 8.19. The number of carbonyl (C=O) groups excluding carboxylic acids is 1. The molecule has 1 amide bonds. The van der Waals surface area contributed by atoms with Crippen LogP contribution in [0.5, 0.6) is 0 Å². The summed E-state index contributed by atoms with van der Waals surface area (Å²) in [6.07, 6.45) is 9.03. The summed E-state index contributed by atoms with van der Waals surface area (Å²) in [6.45, 7) is 11.1. The quantitative estimate of drug-likeness (QED) is 0.550. The maximum Gasteiger partial charge on any atom is 0.237 e. The fourth-order valence-corrected chi connectivity index (χ4v) is 2.38. The summed E-state index contributed by atoms with van der Waals surface area (Å²) in [7, 11) is 0. The van der Waals surface area contributed by atoms with E-state index in [1.165, 1.54) is 38.5 Å². The van der Waals surface area contributed by atoms with Crippen molar-refractivity contribution in [2.24, 2.45) is 0 Å². The number of amides is 1. The molecule has 0 aliphatic heterocycles. The van der Waals surface area contributed by atoms with E-state index in [9.17, 15) is 4.79 Å². The second kappa shape index (κ2) is 12.5. The fourth-order valence-electron chi connectivity index (χ4n) is 2.38. The molecule has 0 aliphatic rings. The van der Waals surface area contributed by atoms with Gasteiger partial charge in [-0.15, -0.1) is 0 Å². The molecule has 0 radical (unpaired) electrons. The number of hydrogen-bond acceptors (Lipinski definition) is 2. The molecule has 114 valence electrons. The van der Waals surface area contributed by atoms with Crippen molar-refractivity contribution in [1.82, 2.24) is 10.2 Å². The van der Waals surface area contributed by atoms with Gasteiger partial charge in [0.2, 0.25) is 5.91 Å². The van der Waals surface area contributed by atoms with Crippen LogP contribution in [0.2, 0.25) is 0 Å². The van der Waals surface area contributed by atoms with Crippen LogP contribution in [0.25, 0.3) is 0 Å². The van der Waals surface area contributed by atoms with Crippen LogP contribution in [0.4, 0.5) is 0 Å². The van der Waals surface area contributed by atoms with Gasteiger partial charge in [-0.1, -0.05) is 59.3 Å². The molecule has 0 fully saturated rings. The summed E-state index contributed by atoms with van der Waals surface area (Å²) in [4.78, 5) is 14.1. The van der Waals surface area contributed by atoms with Gasteiger partial charge in [-0.3, -0.25) is 9.69 Å². The lowest BCUT2D eigenvalue weighted by atomic mass is 10.1. The normalized spacial score (nSPS) is 12.7. The van der Waals surface area contributed by atoms with Crippen LogP contribution >= 0.6 is 0 Å². The predicted octanol–water partition coefficient (Wildman–Crippen LogP) is 3.58. The first-order chi connectivity index (χ1) is 9.17. The number of likely N-dealkylation sites (N-methyl/N-ethyl adjacent to an activating group) is 1. The first kappa shape index (κ1) is 18.4. The number of nitrogens with one attached hydrogen (secondary N) is 1. The molecule has 3 nitrogen and oxygen atoms in total. The number of nitrogens with zero attached hydrogens (tertiary/aromatic N) is 1. The minimum atomic E-state index is -0.000413. The highest BCUT2D eigenvalue weighted by molar-refractivity contribution is 5.81. The van der Waals surface area contributed by atoms with Crippen LogP contribution in [-0.2, 0) is 4.79 Å². The van der Waals surface area contributed by atoms with Gasteiger partial charge in [-0.05, 0) is 26.4 Å². The third-order valence-corrected chi connectivity index (χ3v) is 3.82. The lowest BCUT2D eigenvalue weighted by Gasteiger charge is -2.25. The molecular formula is C16H34N2O. The Hall–Kier alpha value is -0.570. The zero-order valence-electron chi connectivity index (χ0n) is 13.5. The van der Waals surface area contributed by atoms with Crippen molar-refractivity contribution in [3.05, 3.63) is 0 Å². The van der Waals surface area contributed by atoms with Crippen molar-refractivity contribution in [1.29, 1.82) is 0 Å². The number of unbranched alkanes of at least 4 members (excludes halogenated alkanes) is 6. The van der Waals surface area contributed by atoms with Gasteiger partial charge in [0.25, 0.3) is 0 Å². The van der Waals surface area contributed by atoms with Gasteiger partial charge in [-0.25, -0.2) is 0 Å². The third-order valence-electron chi connectivity index (χ3n) is 3.82. The van der Waals surface area contributed by atoms with Crippen LogP contribution in [0, 0.1) is 0 Å². The van der Waals surface area contributed by atoms with E-state index in [2.05, 4.69) is 31.0 Å². The Morgan fingerprint density at radius 3 is 2.00 bits per heavy atom. The maximum atomic E-state index is 11.9. The van der Waals surface area contributed by atoms with Crippen LogP contribution in [0.1, 0.15) is 72.6 Å². The van der Waals surface area contributed by atoms with Crippen molar-refractivity contribution in [2.45, 2.75) is 78.7 Å². The molecule has 0 aromatic carbocycles. The van der Waals surface area contributed by atoms with E-state index < -0.39 is 0 Å². The Morgan fingerprint density at radius 1 is 0.947 bits per heavy atom. The topological polar surface area (TPSA) is 32.3 Å². The molecule has 1 unspecified atom stereocenters. The predicted molar refractivity (Wildman–Crippen MR) is 83.4 cm³/mol. The molecule has 0 bridgehead atoms. The molecule has 0 spiro atoms. The molecule has 0 saturated heterocycles. The molecule has 0 aliphatic carbocycles. The lowest BCUT2D eigenvalue weighted by molar-refractivity contribution is -0.125. The highest BCUT2D eigenvalue weighted by Crippen LogP contribution is 2.06. The van der Waals surface area contributed by atoms with E-state index in [0.29, 0.717) is 0 Å². The maximum absolute atomic E-state index is 11.9. The summed E-state index contributed by atoms with van der Waals surface area (Å²) >= 11 is 0. The first-order valence-electron chi connectivity index (χ1n) is 8.19. The zero-order chi connectivity index (χ0) is 14.5. The third kappa shape index (κ3) is 9.04. The van der Waals surface area contributed by atoms with Crippen LogP contribution < -0.4 is 5.32 Å². The second-order valence-electron chi connectivity index (χ2n) is 5.31. The largest absolute Gasteiger partial charge is 0.355 e. The molecule has 0 aromatic rings. The highest BCUT2D eigenvalue weighted by atomic mass is 16.2. The van der Waals surface area contributed by atoms with Crippen molar-refractivity contribution in [2.75, 3.05) is 19.6 Å². The van der Waals surface area contributed by atoms with Crippen molar-refractivity contribution < 1.29 is 4.79 Å². The molecule has 1 N–H and O–H groups in total. The zero-order valence-corrected chi connectivity index (χ0v) is 13.5. The molecule has 3 heteroatoms. The smallest absolute Gasteiger partial charge is 0.237 e. The van der Waals surface area contributed by atoms with E-state index in [4.69, 9.17) is 0 Å². The molecular weight excluding hydrogens is 236 g/mol. The van der Waals surface area contributed by atoms with Crippen LogP contribution in [0.15, 0.2) is 0 Å². The Morgan fingerprint density at radius 2 is 1.47 bits per heavy atom. The van der Waals surface area contributed by atoms with Gasteiger partial charge >= 0.3 is 0 Å². The van der Waals surface area contributed by atoms with Crippen LogP contribution in [0.3, 0.4) is 0 Å². The molecule has 0 aromatic heterocycles. The van der Waals surface area contributed by atoms with Crippen molar-refractivity contribution in [3.8, 4) is 0 Å². The summed E-state index contributed by atoms with van der Waals surface area (Å²) in [5.41, 5.74) is 0. The number of rotatable bonds is 12. The van der Waals surface area contributed by atoms with Gasteiger partial charge < -0.3 is 5.32 Å². The summed E-state index contributed by atoms with van der Waals surface area (Å²) in [5.74, 6) is 0.176. The molecule has 0 rings (SSSR count). The van der Waals surface area contributed by atoms with Gasteiger partial charge in [0.15, 0.2) is 0 Å². The standard InChI is InChI=1S/C16H34N2O/c1-5-8-9-10-11-12-13-14-17-16(19)15(4)18(6-2)7-3/h15H,5-14H2,1-4H3,(H,17,19). The van der Waals surface area contributed by atoms with Gasteiger partial charge in [0.05, 0.1) is 6.04 Å². The molecule has 0 heterocycles. The average molecular weight is 270 g/mol. The van der Waals surface area contributed by atoms with E-state index >= 15 is 0 Å². The summed E-state index contributed by atoms with van der Waals surface area (Å²) in [5, 5.41) is 3.05. The average Bonchev–Trinajstić information content (AvgIpc) is 2.42. The minimum absolute atomic E-state index is 0.000413. The van der Waals surface area contributed by atoms with E-state index in [-0.39, 0.29) is 11.9 Å². The monoisotopic (exact) mass is 270 g/mol. The SMILES string of the molecule is CCCCCCCCCNC(=O)C(C)N(CC)CC. The van der Waals surface area contributed by atoms with E-state index in [1.54, 1.807) is 0 Å². The molecule has 0 saturated carbocycles. The second-order valence-corrected chi connectivity index (χ2v) is 5.31. The summed E-state index contributed by atoms with van der Waals surface area (Å²) in [6, 6.07) is -0.000413.